The zero-order valence-electron chi connectivity index (χ0n) is 6.04. The van der Waals surface area contributed by atoms with Crippen LogP contribution in [0.1, 0.15) is 10.4 Å². The number of amides is 1. The zero-order valence-corrected chi connectivity index (χ0v) is 8.20. The molecule has 0 saturated heterocycles. The van der Waals surface area contributed by atoms with Gasteiger partial charge < -0.3 is 5.11 Å². The van der Waals surface area contributed by atoms with E-state index in [-0.39, 0.29) is 11.7 Å². The summed E-state index contributed by atoms with van der Waals surface area (Å²) in [6.45, 7) is 0. The molecule has 0 unspecified atom stereocenters. The number of carbonyl (C=O) groups is 1. The second kappa shape index (κ2) is 3.72. The van der Waals surface area contributed by atoms with Gasteiger partial charge in [0.25, 0.3) is 5.91 Å². The molecule has 64 valence electrons. The molecule has 0 bridgehead atoms. The molecule has 0 aliphatic carbocycles. The summed E-state index contributed by atoms with van der Waals surface area (Å²) in [6.07, 6.45) is 0. The number of phenolic OH excluding ortho intramolecular Hbond substituents is 1. The lowest BCUT2D eigenvalue weighted by atomic mass is 10.2. The maximum Gasteiger partial charge on any atom is 0.265 e. The first-order valence-electron chi connectivity index (χ1n) is 3.14. The third-order valence-corrected chi connectivity index (χ3v) is 2.20. The Bertz CT molecular complexity index is 314. The molecular formula is C7H7IN2O2. The molecule has 4 nitrogen and oxygen atoms in total. The van der Waals surface area contributed by atoms with Crippen LogP contribution in [0.4, 0.5) is 0 Å². The average molecular weight is 278 g/mol. The van der Waals surface area contributed by atoms with E-state index in [1.807, 2.05) is 28.0 Å². The van der Waals surface area contributed by atoms with Gasteiger partial charge in [-0.25, -0.2) is 5.84 Å². The van der Waals surface area contributed by atoms with E-state index in [0.717, 1.165) is 0 Å². The predicted molar refractivity (Wildman–Crippen MR) is 52.5 cm³/mol. The molecule has 0 aliphatic rings. The van der Waals surface area contributed by atoms with Gasteiger partial charge in [-0.05, 0) is 40.8 Å². The number of rotatable bonds is 1. The normalized spacial score (nSPS) is 9.50. The Morgan fingerprint density at radius 1 is 1.58 bits per heavy atom. The second-order valence-electron chi connectivity index (χ2n) is 2.14. The number of nitrogens with one attached hydrogen (secondary N) is 1. The SMILES string of the molecule is NNC(=O)c1ccc(O)c(I)c1. The van der Waals surface area contributed by atoms with Crippen LogP contribution in [-0.2, 0) is 0 Å². The summed E-state index contributed by atoms with van der Waals surface area (Å²) in [5, 5.41) is 9.13. The van der Waals surface area contributed by atoms with Crippen molar-refractivity contribution in [1.29, 1.82) is 0 Å². The van der Waals surface area contributed by atoms with Crippen LogP contribution in [0.25, 0.3) is 0 Å². The molecule has 4 N–H and O–H groups in total. The molecule has 1 rings (SSSR count). The van der Waals surface area contributed by atoms with Gasteiger partial charge in [0.15, 0.2) is 0 Å². The van der Waals surface area contributed by atoms with Gasteiger partial charge in [0.05, 0.1) is 3.57 Å². The highest BCUT2D eigenvalue weighted by Gasteiger charge is 2.05. The molecule has 0 heterocycles. The number of carbonyl (C=O) groups excluding carboxylic acids is 1. The number of nitrogens with two attached hydrogens (primary N) is 1. The third kappa shape index (κ3) is 1.86. The van der Waals surface area contributed by atoms with Crippen molar-refractivity contribution in [3.8, 4) is 5.75 Å². The first kappa shape index (κ1) is 9.27. The van der Waals surface area contributed by atoms with E-state index >= 15 is 0 Å². The highest BCUT2D eigenvalue weighted by molar-refractivity contribution is 14.1. The highest BCUT2D eigenvalue weighted by Crippen LogP contribution is 2.19. The Morgan fingerprint density at radius 3 is 2.75 bits per heavy atom. The Morgan fingerprint density at radius 2 is 2.25 bits per heavy atom. The Hall–Kier alpha value is -0.820. The summed E-state index contributed by atoms with van der Waals surface area (Å²) in [6, 6.07) is 4.50. The number of hydrogen-bond acceptors (Lipinski definition) is 3. The van der Waals surface area contributed by atoms with Crippen LogP contribution >= 0.6 is 22.6 Å². The van der Waals surface area contributed by atoms with Gasteiger partial charge in [-0.3, -0.25) is 10.2 Å². The largest absolute Gasteiger partial charge is 0.507 e. The number of aromatic hydroxyl groups is 1. The molecule has 12 heavy (non-hydrogen) atoms. The maximum absolute atomic E-state index is 11.0. The first-order valence-corrected chi connectivity index (χ1v) is 4.22. The first-order chi connectivity index (χ1) is 5.65. The smallest absolute Gasteiger partial charge is 0.265 e. The molecule has 0 fully saturated rings. The Balaban J connectivity index is 3.05. The van der Waals surface area contributed by atoms with Gasteiger partial charge in [0, 0.05) is 5.56 Å². The summed E-state index contributed by atoms with van der Waals surface area (Å²) in [7, 11) is 0. The van der Waals surface area contributed by atoms with E-state index in [4.69, 9.17) is 10.9 Å². The highest BCUT2D eigenvalue weighted by atomic mass is 127. The van der Waals surface area contributed by atoms with Crippen molar-refractivity contribution < 1.29 is 9.90 Å². The van der Waals surface area contributed by atoms with Crippen molar-refractivity contribution in [2.75, 3.05) is 0 Å². The van der Waals surface area contributed by atoms with Crippen molar-refractivity contribution >= 4 is 28.5 Å². The number of hydrogen-bond donors (Lipinski definition) is 3. The van der Waals surface area contributed by atoms with Crippen LogP contribution in [-0.4, -0.2) is 11.0 Å². The second-order valence-corrected chi connectivity index (χ2v) is 3.30. The van der Waals surface area contributed by atoms with Crippen molar-refractivity contribution in [3.05, 3.63) is 27.3 Å². The lowest BCUT2D eigenvalue weighted by Gasteiger charge is -2.00. The number of halogens is 1. The maximum atomic E-state index is 11.0. The van der Waals surface area contributed by atoms with E-state index in [1.54, 1.807) is 6.07 Å². The lowest BCUT2D eigenvalue weighted by molar-refractivity contribution is 0.0953. The van der Waals surface area contributed by atoms with Gasteiger partial charge >= 0.3 is 0 Å². The summed E-state index contributed by atoms with van der Waals surface area (Å²) in [5.74, 6) is 4.72. The van der Waals surface area contributed by atoms with Crippen molar-refractivity contribution in [2.24, 2.45) is 5.84 Å². The number of benzene rings is 1. The Kier molecular flexibility index (Phi) is 2.88. The molecule has 0 saturated carbocycles. The van der Waals surface area contributed by atoms with E-state index < -0.39 is 0 Å². The minimum Gasteiger partial charge on any atom is -0.507 e. The topological polar surface area (TPSA) is 75.3 Å². The zero-order chi connectivity index (χ0) is 9.14. The van der Waals surface area contributed by atoms with Crippen LogP contribution < -0.4 is 11.3 Å². The fraction of sp³-hybridized carbons (Fsp3) is 0. The fourth-order valence-corrected chi connectivity index (χ4v) is 1.25. The Labute approximate surface area is 82.9 Å². The van der Waals surface area contributed by atoms with Crippen molar-refractivity contribution in [1.82, 2.24) is 5.43 Å². The van der Waals surface area contributed by atoms with Crippen LogP contribution in [0.5, 0.6) is 5.75 Å². The molecule has 1 aromatic carbocycles. The minimum atomic E-state index is -0.368. The molecule has 1 amide bonds. The number of nitrogen functional groups attached to an aromatic ring is 1. The van der Waals surface area contributed by atoms with Crippen LogP contribution in [0.3, 0.4) is 0 Å². The van der Waals surface area contributed by atoms with Crippen molar-refractivity contribution in [3.63, 3.8) is 0 Å². The van der Waals surface area contributed by atoms with E-state index in [0.29, 0.717) is 9.13 Å². The van der Waals surface area contributed by atoms with Crippen LogP contribution in [0.2, 0.25) is 0 Å². The van der Waals surface area contributed by atoms with Gasteiger partial charge in [-0.1, -0.05) is 0 Å². The monoisotopic (exact) mass is 278 g/mol. The number of phenols is 1. The van der Waals surface area contributed by atoms with Crippen molar-refractivity contribution in [2.45, 2.75) is 0 Å². The van der Waals surface area contributed by atoms with E-state index in [1.165, 1.54) is 12.1 Å². The fourth-order valence-electron chi connectivity index (χ4n) is 0.731. The molecule has 0 radical (unpaired) electrons. The molecule has 0 spiro atoms. The summed E-state index contributed by atoms with van der Waals surface area (Å²) >= 11 is 1.93. The summed E-state index contributed by atoms with van der Waals surface area (Å²) in [4.78, 5) is 11.0. The van der Waals surface area contributed by atoms with Gasteiger partial charge in [-0.15, -0.1) is 0 Å². The number of hydrazine groups is 1. The summed E-state index contributed by atoms with van der Waals surface area (Å²) in [5.41, 5.74) is 2.43. The standard InChI is InChI=1S/C7H7IN2O2/c8-5-3-4(7(12)10-9)1-2-6(5)11/h1-3,11H,9H2,(H,10,12). The van der Waals surface area contributed by atoms with Gasteiger partial charge in [-0.2, -0.15) is 0 Å². The quantitative estimate of drug-likeness (QED) is 0.305. The van der Waals surface area contributed by atoms with Gasteiger partial charge in [0.1, 0.15) is 5.75 Å². The van der Waals surface area contributed by atoms with E-state index in [2.05, 4.69) is 0 Å². The average Bonchev–Trinajstić information content (AvgIpc) is 2.08. The molecule has 0 aliphatic heterocycles. The predicted octanol–water partition coefficient (Wildman–Crippen LogP) is 0.600. The molecule has 0 aromatic heterocycles. The lowest BCUT2D eigenvalue weighted by Crippen LogP contribution is -2.29. The van der Waals surface area contributed by atoms with Crippen LogP contribution in [0, 0.1) is 3.57 Å². The third-order valence-electron chi connectivity index (χ3n) is 1.34. The summed E-state index contributed by atoms with van der Waals surface area (Å²) < 4.78 is 0.619. The van der Waals surface area contributed by atoms with Gasteiger partial charge in [0.2, 0.25) is 0 Å². The molecule has 1 aromatic rings. The van der Waals surface area contributed by atoms with E-state index in [9.17, 15) is 4.79 Å². The molecule has 0 atom stereocenters. The molecule has 5 heteroatoms. The molecular weight excluding hydrogens is 271 g/mol. The minimum absolute atomic E-state index is 0.157. The van der Waals surface area contributed by atoms with Crippen LogP contribution in [0.15, 0.2) is 18.2 Å².